The maximum absolute atomic E-state index is 11.7. The largest absolute Gasteiger partial charge is 0.356 e. The number of rotatable bonds is 9. The molecule has 1 N–H and O–H groups in total. The normalized spacial score (nSPS) is 13.8. The zero-order valence-electron chi connectivity index (χ0n) is 16.0. The first-order chi connectivity index (χ1) is 13.7. The van der Waals surface area contributed by atoms with Crippen LogP contribution in [0.3, 0.4) is 0 Å². The molecule has 0 bridgehead atoms. The Morgan fingerprint density at radius 1 is 1.11 bits per heavy atom. The Morgan fingerprint density at radius 2 is 1.96 bits per heavy atom. The summed E-state index contributed by atoms with van der Waals surface area (Å²) >= 11 is 3.57. The van der Waals surface area contributed by atoms with Gasteiger partial charge in [0, 0.05) is 29.9 Å². The molecule has 1 saturated carbocycles. The van der Waals surface area contributed by atoms with Gasteiger partial charge in [0.25, 0.3) is 0 Å². The molecule has 28 heavy (non-hydrogen) atoms. The number of nitrogens with one attached hydrogen (secondary N) is 1. The molecule has 1 aliphatic carbocycles. The summed E-state index contributed by atoms with van der Waals surface area (Å²) in [4.78, 5) is 16.6. The third kappa shape index (κ3) is 4.82. The third-order valence-corrected chi connectivity index (χ3v) is 5.78. The highest BCUT2D eigenvalue weighted by Gasteiger charge is 2.28. The van der Waals surface area contributed by atoms with Crippen LogP contribution in [0, 0.1) is 5.92 Å². The van der Waals surface area contributed by atoms with E-state index in [0.29, 0.717) is 5.92 Å². The molecule has 0 saturated heterocycles. The number of hydrogen-bond donors (Lipinski definition) is 1. The van der Waals surface area contributed by atoms with Crippen LogP contribution < -0.4 is 5.32 Å². The van der Waals surface area contributed by atoms with Gasteiger partial charge in [0.1, 0.15) is 5.82 Å². The van der Waals surface area contributed by atoms with Crippen molar-refractivity contribution in [2.24, 2.45) is 5.92 Å². The minimum absolute atomic E-state index is 0.246. The highest BCUT2D eigenvalue weighted by Crippen LogP contribution is 2.28. The van der Waals surface area contributed by atoms with Crippen LogP contribution >= 0.6 is 15.9 Å². The van der Waals surface area contributed by atoms with Crippen molar-refractivity contribution in [1.29, 1.82) is 0 Å². The molecular weight excluding hydrogens is 414 g/mol. The lowest BCUT2D eigenvalue weighted by molar-refractivity contribution is -0.122. The second-order valence-corrected chi connectivity index (χ2v) is 8.52. The standard InChI is InChI=1S/C23H26BrN3O/c24-19-8-6-7-17(15-19)16-27-21-10-4-3-9-20(21)26-22(27)11-2-1-5-14-25-23(28)18-12-13-18/h3-4,6-10,15,18H,1-2,5,11-14,16H2,(H,25,28). The second-order valence-electron chi connectivity index (χ2n) is 7.61. The van der Waals surface area contributed by atoms with Gasteiger partial charge >= 0.3 is 0 Å². The zero-order chi connectivity index (χ0) is 19.3. The van der Waals surface area contributed by atoms with Crippen LogP contribution in [0.2, 0.25) is 0 Å². The summed E-state index contributed by atoms with van der Waals surface area (Å²) in [6, 6.07) is 16.8. The quantitative estimate of drug-likeness (QED) is 0.472. The lowest BCUT2D eigenvalue weighted by atomic mass is 10.1. The number of unbranched alkanes of at least 4 members (excludes halogenated alkanes) is 2. The number of nitrogens with zero attached hydrogens (tertiary/aromatic N) is 2. The number of imidazole rings is 1. The van der Waals surface area contributed by atoms with Crippen LogP contribution in [0.4, 0.5) is 0 Å². The van der Waals surface area contributed by atoms with E-state index in [1.165, 1.54) is 11.1 Å². The molecule has 1 aromatic heterocycles. The van der Waals surface area contributed by atoms with Gasteiger partial charge in [-0.1, -0.05) is 46.6 Å². The number of halogens is 1. The third-order valence-electron chi connectivity index (χ3n) is 5.29. The molecule has 4 nitrogen and oxygen atoms in total. The topological polar surface area (TPSA) is 46.9 Å². The molecule has 146 valence electrons. The van der Waals surface area contributed by atoms with Gasteiger partial charge in [-0.25, -0.2) is 4.98 Å². The first kappa shape index (κ1) is 19.2. The summed E-state index contributed by atoms with van der Waals surface area (Å²) in [7, 11) is 0. The fourth-order valence-electron chi connectivity index (χ4n) is 3.60. The molecule has 0 atom stereocenters. The molecule has 1 amide bonds. The van der Waals surface area contributed by atoms with E-state index in [-0.39, 0.29) is 5.91 Å². The fourth-order valence-corrected chi connectivity index (χ4v) is 4.04. The van der Waals surface area contributed by atoms with Crippen molar-refractivity contribution < 1.29 is 4.79 Å². The second kappa shape index (κ2) is 8.91. The van der Waals surface area contributed by atoms with Crippen molar-refractivity contribution in [2.75, 3.05) is 6.54 Å². The van der Waals surface area contributed by atoms with E-state index in [1.807, 2.05) is 6.07 Å². The van der Waals surface area contributed by atoms with E-state index in [4.69, 9.17) is 4.98 Å². The Morgan fingerprint density at radius 3 is 2.79 bits per heavy atom. The van der Waals surface area contributed by atoms with Crippen LogP contribution in [0.5, 0.6) is 0 Å². The molecule has 4 rings (SSSR count). The molecule has 5 heteroatoms. The lowest BCUT2D eigenvalue weighted by Crippen LogP contribution is -2.25. The first-order valence-corrected chi connectivity index (χ1v) is 11.0. The molecule has 1 fully saturated rings. The molecule has 0 aliphatic heterocycles. The predicted molar refractivity (Wildman–Crippen MR) is 116 cm³/mol. The molecule has 2 aromatic carbocycles. The number of fused-ring (bicyclic) bond motifs is 1. The minimum atomic E-state index is 0.246. The van der Waals surface area contributed by atoms with Gasteiger partial charge in [0.15, 0.2) is 0 Å². The van der Waals surface area contributed by atoms with Crippen molar-refractivity contribution >= 4 is 32.9 Å². The number of benzene rings is 2. The molecular formula is C23H26BrN3O. The van der Waals surface area contributed by atoms with Gasteiger partial charge in [0.2, 0.25) is 5.91 Å². The number of carbonyl (C=O) groups is 1. The Hall–Kier alpha value is -2.14. The maximum atomic E-state index is 11.7. The molecule has 0 unspecified atom stereocenters. The van der Waals surface area contributed by atoms with E-state index < -0.39 is 0 Å². The molecule has 1 heterocycles. The first-order valence-electron chi connectivity index (χ1n) is 10.2. The molecule has 3 aromatic rings. The van der Waals surface area contributed by atoms with Gasteiger partial charge in [-0.3, -0.25) is 4.79 Å². The van der Waals surface area contributed by atoms with Crippen LogP contribution in [-0.4, -0.2) is 22.0 Å². The highest BCUT2D eigenvalue weighted by atomic mass is 79.9. The van der Waals surface area contributed by atoms with Crippen molar-refractivity contribution in [2.45, 2.75) is 45.1 Å². The van der Waals surface area contributed by atoms with Crippen molar-refractivity contribution in [3.05, 3.63) is 64.4 Å². The smallest absolute Gasteiger partial charge is 0.223 e. The van der Waals surface area contributed by atoms with E-state index >= 15 is 0 Å². The summed E-state index contributed by atoms with van der Waals surface area (Å²) in [6.07, 6.45) is 6.32. The van der Waals surface area contributed by atoms with Gasteiger partial charge in [-0.15, -0.1) is 0 Å². The van der Waals surface area contributed by atoms with Gasteiger partial charge < -0.3 is 9.88 Å². The van der Waals surface area contributed by atoms with Crippen molar-refractivity contribution in [3.8, 4) is 0 Å². The number of carbonyl (C=O) groups excluding carboxylic acids is 1. The van der Waals surface area contributed by atoms with E-state index in [2.05, 4.69) is 68.3 Å². The summed E-state index contributed by atoms with van der Waals surface area (Å²) < 4.78 is 3.44. The predicted octanol–water partition coefficient (Wildman–Crippen LogP) is 5.09. The molecule has 1 aliphatic rings. The number of aromatic nitrogens is 2. The van der Waals surface area contributed by atoms with Crippen LogP contribution in [-0.2, 0) is 17.8 Å². The molecule has 0 radical (unpaired) electrons. The summed E-state index contributed by atoms with van der Waals surface area (Å²) in [5.74, 6) is 1.69. The van der Waals surface area contributed by atoms with Gasteiger partial charge in [-0.2, -0.15) is 0 Å². The lowest BCUT2D eigenvalue weighted by Gasteiger charge is -2.10. The van der Waals surface area contributed by atoms with Crippen molar-refractivity contribution in [1.82, 2.24) is 14.9 Å². The van der Waals surface area contributed by atoms with Crippen molar-refractivity contribution in [3.63, 3.8) is 0 Å². The van der Waals surface area contributed by atoms with E-state index in [1.54, 1.807) is 0 Å². The Kier molecular flexibility index (Phi) is 6.10. The Balaban J connectivity index is 1.37. The summed E-state index contributed by atoms with van der Waals surface area (Å²) in [5.41, 5.74) is 3.51. The number of amides is 1. The van der Waals surface area contributed by atoms with Gasteiger partial charge in [-0.05, 0) is 55.5 Å². The SMILES string of the molecule is O=C(NCCCCCc1nc2ccccc2n1Cc1cccc(Br)c1)C1CC1. The van der Waals surface area contributed by atoms with E-state index in [0.717, 1.165) is 67.4 Å². The summed E-state index contributed by atoms with van der Waals surface area (Å²) in [6.45, 7) is 1.62. The number of para-hydroxylation sites is 2. The average Bonchev–Trinajstić information content (AvgIpc) is 3.49. The monoisotopic (exact) mass is 439 g/mol. The average molecular weight is 440 g/mol. The Labute approximate surface area is 174 Å². The van der Waals surface area contributed by atoms with Crippen LogP contribution in [0.25, 0.3) is 11.0 Å². The molecule has 0 spiro atoms. The highest BCUT2D eigenvalue weighted by molar-refractivity contribution is 9.10. The Bertz CT molecular complexity index is 961. The van der Waals surface area contributed by atoms with Crippen LogP contribution in [0.15, 0.2) is 53.0 Å². The fraction of sp³-hybridized carbons (Fsp3) is 0.391. The number of aryl methyl sites for hydroxylation is 1. The number of hydrogen-bond acceptors (Lipinski definition) is 2. The van der Waals surface area contributed by atoms with Gasteiger partial charge in [0.05, 0.1) is 11.0 Å². The minimum Gasteiger partial charge on any atom is -0.356 e. The van der Waals surface area contributed by atoms with E-state index in [9.17, 15) is 4.79 Å². The maximum Gasteiger partial charge on any atom is 0.223 e. The zero-order valence-corrected chi connectivity index (χ0v) is 17.6. The summed E-state index contributed by atoms with van der Waals surface area (Å²) in [5, 5.41) is 3.05. The van der Waals surface area contributed by atoms with Crippen LogP contribution in [0.1, 0.15) is 43.5 Å².